The van der Waals surface area contributed by atoms with Crippen molar-refractivity contribution in [1.29, 1.82) is 0 Å². The molecule has 0 saturated carbocycles. The van der Waals surface area contributed by atoms with Gasteiger partial charge in [-0.15, -0.1) is 0 Å². The predicted octanol–water partition coefficient (Wildman–Crippen LogP) is 5.81. The van der Waals surface area contributed by atoms with Crippen molar-refractivity contribution in [1.82, 2.24) is 5.32 Å². The van der Waals surface area contributed by atoms with Gasteiger partial charge in [0.15, 0.2) is 0 Å². The molecule has 1 heterocycles. The van der Waals surface area contributed by atoms with E-state index >= 15 is 0 Å². The van der Waals surface area contributed by atoms with E-state index in [9.17, 15) is 9.59 Å². The number of carbonyl (C=O) groups excluding carboxylic acids is 2. The maximum atomic E-state index is 13.6. The normalized spacial score (nSPS) is 12.7. The molecule has 1 aliphatic heterocycles. The highest BCUT2D eigenvalue weighted by atomic mass is 35.5. The second-order valence-corrected chi connectivity index (χ2v) is 9.13. The van der Waals surface area contributed by atoms with Gasteiger partial charge in [0.1, 0.15) is 0 Å². The summed E-state index contributed by atoms with van der Waals surface area (Å²) < 4.78 is 5.32. The first kappa shape index (κ1) is 23.4. The zero-order valence-corrected chi connectivity index (χ0v) is 19.9. The molecule has 4 rings (SSSR count). The Morgan fingerprint density at radius 2 is 1.91 bits per heavy atom. The highest BCUT2D eigenvalue weighted by Gasteiger charge is 2.28. The lowest BCUT2D eigenvalue weighted by atomic mass is 10.1. The van der Waals surface area contributed by atoms with E-state index in [0.717, 1.165) is 21.8 Å². The van der Waals surface area contributed by atoms with Crippen LogP contribution in [0.15, 0.2) is 76.5 Å². The fraction of sp³-hybridized carbons (Fsp3) is 0.231. The van der Waals surface area contributed by atoms with Gasteiger partial charge in [0.25, 0.3) is 11.8 Å². The van der Waals surface area contributed by atoms with Gasteiger partial charge < -0.3 is 15.0 Å². The molecule has 33 heavy (non-hydrogen) atoms. The first-order valence-electron chi connectivity index (χ1n) is 10.9. The molecular weight excluding hydrogens is 456 g/mol. The molecule has 2 amide bonds. The molecule has 1 aliphatic rings. The van der Waals surface area contributed by atoms with Crippen molar-refractivity contribution in [3.05, 3.63) is 88.4 Å². The molecule has 3 aromatic carbocycles. The van der Waals surface area contributed by atoms with Crippen molar-refractivity contribution in [2.75, 3.05) is 24.7 Å². The van der Waals surface area contributed by atoms with Gasteiger partial charge in [-0.3, -0.25) is 9.59 Å². The minimum absolute atomic E-state index is 0.105. The minimum atomic E-state index is -0.170. The second kappa shape index (κ2) is 10.9. The lowest BCUT2D eigenvalue weighted by molar-refractivity contribution is 0.0941. The van der Waals surface area contributed by atoms with Crippen LogP contribution in [0.3, 0.4) is 0 Å². The van der Waals surface area contributed by atoms with Crippen LogP contribution in [0.2, 0.25) is 5.02 Å². The SMILES string of the molecule is CCOCCCNC(=O)c1ccc2c(c1)N(Cc1cccc(Cl)c1)C(=O)c1ccccc1S2. The van der Waals surface area contributed by atoms with Crippen molar-refractivity contribution < 1.29 is 14.3 Å². The van der Waals surface area contributed by atoms with E-state index in [4.69, 9.17) is 16.3 Å². The van der Waals surface area contributed by atoms with E-state index in [2.05, 4.69) is 5.32 Å². The molecular formula is C26H25ClN2O3S. The molecule has 3 aromatic rings. The van der Waals surface area contributed by atoms with E-state index in [1.807, 2.05) is 61.5 Å². The van der Waals surface area contributed by atoms with Crippen molar-refractivity contribution >= 4 is 40.9 Å². The quantitative estimate of drug-likeness (QED) is 0.413. The molecule has 0 radical (unpaired) electrons. The van der Waals surface area contributed by atoms with Gasteiger partial charge in [-0.25, -0.2) is 0 Å². The zero-order chi connectivity index (χ0) is 23.2. The lowest BCUT2D eigenvalue weighted by Gasteiger charge is -2.24. The number of rotatable bonds is 8. The average molecular weight is 481 g/mol. The van der Waals surface area contributed by atoms with Crippen LogP contribution < -0.4 is 10.2 Å². The first-order chi connectivity index (χ1) is 16.1. The van der Waals surface area contributed by atoms with Crippen LogP contribution in [0, 0.1) is 0 Å². The lowest BCUT2D eigenvalue weighted by Crippen LogP contribution is -2.31. The van der Waals surface area contributed by atoms with Crippen LogP contribution in [0.1, 0.15) is 39.6 Å². The molecule has 0 aromatic heterocycles. The van der Waals surface area contributed by atoms with E-state index in [0.29, 0.717) is 48.1 Å². The van der Waals surface area contributed by atoms with Crippen molar-refractivity contribution in [3.63, 3.8) is 0 Å². The fourth-order valence-corrected chi connectivity index (χ4v) is 4.93. The van der Waals surface area contributed by atoms with E-state index < -0.39 is 0 Å². The van der Waals surface area contributed by atoms with Gasteiger partial charge in [0, 0.05) is 40.1 Å². The second-order valence-electron chi connectivity index (χ2n) is 7.61. The number of benzene rings is 3. The van der Waals surface area contributed by atoms with Crippen LogP contribution in [0.5, 0.6) is 0 Å². The topological polar surface area (TPSA) is 58.6 Å². The van der Waals surface area contributed by atoms with E-state index in [1.165, 1.54) is 11.8 Å². The van der Waals surface area contributed by atoms with E-state index in [-0.39, 0.29) is 11.8 Å². The van der Waals surface area contributed by atoms with Crippen LogP contribution in [-0.4, -0.2) is 31.6 Å². The summed E-state index contributed by atoms with van der Waals surface area (Å²) in [4.78, 5) is 29.9. The molecule has 0 bridgehead atoms. The largest absolute Gasteiger partial charge is 0.382 e. The molecule has 0 saturated heterocycles. The van der Waals surface area contributed by atoms with E-state index in [1.54, 1.807) is 17.0 Å². The molecule has 0 atom stereocenters. The zero-order valence-electron chi connectivity index (χ0n) is 18.3. The number of ether oxygens (including phenoxy) is 1. The predicted molar refractivity (Wildman–Crippen MR) is 132 cm³/mol. The highest BCUT2D eigenvalue weighted by Crippen LogP contribution is 2.42. The third-order valence-electron chi connectivity index (χ3n) is 5.28. The summed E-state index contributed by atoms with van der Waals surface area (Å²) in [7, 11) is 0. The first-order valence-corrected chi connectivity index (χ1v) is 12.1. The van der Waals surface area contributed by atoms with Crippen molar-refractivity contribution in [2.45, 2.75) is 29.7 Å². The summed E-state index contributed by atoms with van der Waals surface area (Å²) in [6, 6.07) is 20.6. The molecule has 1 N–H and O–H groups in total. The van der Waals surface area contributed by atoms with Gasteiger partial charge in [0.2, 0.25) is 0 Å². The standard InChI is InChI=1S/C26H25ClN2O3S/c1-2-32-14-6-13-28-25(30)19-11-12-24-22(16-19)29(17-18-7-5-8-20(27)15-18)26(31)21-9-3-4-10-23(21)33-24/h3-5,7-12,15-16H,2,6,13-14,17H2,1H3,(H,28,30). The van der Waals surface area contributed by atoms with Crippen LogP contribution in [0.25, 0.3) is 0 Å². The Labute approximate surface area is 203 Å². The van der Waals surface area contributed by atoms with Gasteiger partial charge in [-0.2, -0.15) is 0 Å². The molecule has 7 heteroatoms. The Bertz CT molecular complexity index is 1170. The smallest absolute Gasteiger partial charge is 0.259 e. The maximum absolute atomic E-state index is 13.6. The molecule has 0 unspecified atom stereocenters. The minimum Gasteiger partial charge on any atom is -0.382 e. The Hall–Kier alpha value is -2.80. The third-order valence-corrected chi connectivity index (χ3v) is 6.66. The van der Waals surface area contributed by atoms with Gasteiger partial charge in [-0.05, 0) is 61.4 Å². The highest BCUT2D eigenvalue weighted by molar-refractivity contribution is 7.99. The van der Waals surface area contributed by atoms with Crippen molar-refractivity contribution in [3.8, 4) is 0 Å². The number of amides is 2. The Balaban J connectivity index is 1.66. The number of carbonyl (C=O) groups is 2. The van der Waals surface area contributed by atoms with Gasteiger partial charge >= 0.3 is 0 Å². The molecule has 0 fully saturated rings. The Kier molecular flexibility index (Phi) is 7.70. The summed E-state index contributed by atoms with van der Waals surface area (Å²) in [6.07, 6.45) is 0.745. The summed E-state index contributed by atoms with van der Waals surface area (Å²) >= 11 is 7.73. The Morgan fingerprint density at radius 3 is 2.73 bits per heavy atom. The summed E-state index contributed by atoms with van der Waals surface area (Å²) in [5.74, 6) is -0.276. The average Bonchev–Trinajstić information content (AvgIpc) is 2.93. The molecule has 170 valence electrons. The number of nitrogens with zero attached hydrogens (tertiary/aromatic N) is 1. The van der Waals surface area contributed by atoms with Crippen LogP contribution in [-0.2, 0) is 11.3 Å². The maximum Gasteiger partial charge on any atom is 0.259 e. The number of hydrogen-bond donors (Lipinski definition) is 1. The summed E-state index contributed by atoms with van der Waals surface area (Å²) in [5, 5.41) is 3.55. The number of nitrogens with one attached hydrogen (secondary N) is 1. The third kappa shape index (κ3) is 5.58. The summed E-state index contributed by atoms with van der Waals surface area (Å²) in [6.45, 7) is 4.09. The monoisotopic (exact) mass is 480 g/mol. The summed E-state index contributed by atoms with van der Waals surface area (Å²) in [5.41, 5.74) is 2.78. The van der Waals surface area contributed by atoms with Crippen LogP contribution in [0.4, 0.5) is 5.69 Å². The Morgan fingerprint density at radius 1 is 1.06 bits per heavy atom. The number of anilines is 1. The van der Waals surface area contributed by atoms with Gasteiger partial charge in [-0.1, -0.05) is 47.6 Å². The fourth-order valence-electron chi connectivity index (χ4n) is 3.66. The van der Waals surface area contributed by atoms with Crippen molar-refractivity contribution in [2.24, 2.45) is 0 Å². The number of halogens is 1. The molecule has 0 aliphatic carbocycles. The van der Waals surface area contributed by atoms with Crippen LogP contribution >= 0.6 is 23.4 Å². The number of fused-ring (bicyclic) bond motifs is 2. The molecule has 0 spiro atoms. The number of hydrogen-bond acceptors (Lipinski definition) is 4. The molecule has 5 nitrogen and oxygen atoms in total. The van der Waals surface area contributed by atoms with Gasteiger partial charge in [0.05, 0.1) is 17.8 Å².